The molecule has 4 heterocycles. The number of rotatable bonds is 21. The van der Waals surface area contributed by atoms with Crippen molar-refractivity contribution in [3.05, 3.63) is 118 Å². The number of aliphatic carboxylic acids is 1. The summed E-state index contributed by atoms with van der Waals surface area (Å²) in [5.74, 6) is -9.76. The second-order valence-corrected chi connectivity index (χ2v) is 19.8. The number of methoxy groups -OCH3 is 2. The Bertz CT molecular complexity index is 3200. The van der Waals surface area contributed by atoms with Crippen LogP contribution in [0, 0.1) is 0 Å². The molecule has 470 valence electrons. The van der Waals surface area contributed by atoms with Crippen LogP contribution in [0.15, 0.2) is 102 Å². The second kappa shape index (κ2) is 27.8. The summed E-state index contributed by atoms with van der Waals surface area (Å²) in [6, 6.07) is 10.1. The van der Waals surface area contributed by atoms with Crippen molar-refractivity contribution in [1.29, 1.82) is 0 Å². The van der Waals surface area contributed by atoms with E-state index in [2.05, 4.69) is 4.74 Å². The third kappa shape index (κ3) is 15.1. The van der Waals surface area contributed by atoms with Crippen molar-refractivity contribution in [2.24, 2.45) is 0 Å². The number of carboxylic acids is 1. The number of carbonyl (C=O) groups excluding carboxylic acids is 3. The molecule has 1 unspecified atom stereocenters. The number of hydrogen-bond donors (Lipinski definition) is 15. The van der Waals surface area contributed by atoms with Crippen LogP contribution in [0.4, 0.5) is 0 Å². The van der Waals surface area contributed by atoms with E-state index in [1.165, 1.54) is 62.8 Å². The molecule has 0 aromatic heterocycles. The van der Waals surface area contributed by atoms with E-state index in [1.807, 2.05) is 0 Å². The standard InChI is InChI=1S/C56H60O31/c1-76-33-11-22(3-7-27(33)58)5-9-40(64)78-19-36-44(68)48(72)51(75)55(85-36)87-53-49(73)46(70)38(20-79-41(65)10-6-23-4-8-28(59)34(12-23)77-2)86-56(53)83-35-17-26-31(81-52(35)24-13-29(60)43(67)30(61)14-24)15-25(57)16-32(26)82-54-50(74)47(71)45(69)37(84-54)21-80-42(66)18-39(62)63/h3-17,31,36-38,44-51,53-61,67-75H,18-21H2,1-2H3,(H,62,63)/p+1/b9-5+,10-6+/t31?,36-,37-,38-,44-,45-,46-,47+,48+,49+,50-,51-,53-,54-,55+,56-/m1/s1. The first-order chi connectivity index (χ1) is 41.3. The number of aliphatic hydroxyl groups excluding tert-OH is 9. The maximum Gasteiger partial charge on any atom is 0.330 e. The number of ether oxygens (including phenoxy) is 12. The van der Waals surface area contributed by atoms with E-state index >= 15 is 0 Å². The number of aromatic hydroxyl groups is 5. The fourth-order valence-electron chi connectivity index (χ4n) is 9.19. The molecule has 8 rings (SSSR count). The fraction of sp³-hybridized carbons (Fsp3) is 0.393. The number of esters is 3. The molecule has 5 aliphatic rings. The predicted octanol–water partition coefficient (Wildman–Crippen LogP) is -1.91. The van der Waals surface area contributed by atoms with Gasteiger partial charge < -0.3 is 133 Å². The number of phenols is 5. The molecule has 0 radical (unpaired) electrons. The van der Waals surface area contributed by atoms with Gasteiger partial charge in [-0.25, -0.2) is 9.59 Å². The van der Waals surface area contributed by atoms with Gasteiger partial charge in [0.05, 0.1) is 31.4 Å². The lowest BCUT2D eigenvalue weighted by atomic mass is 9.95. The zero-order chi connectivity index (χ0) is 63.1. The van der Waals surface area contributed by atoms with Crippen molar-refractivity contribution in [2.75, 3.05) is 34.0 Å². The van der Waals surface area contributed by atoms with Crippen LogP contribution in [-0.4, -0.2) is 237 Å². The maximum atomic E-state index is 13.1. The van der Waals surface area contributed by atoms with E-state index in [-0.39, 0.29) is 39.9 Å². The Morgan fingerprint density at radius 2 is 1.06 bits per heavy atom. The Kier molecular flexibility index (Phi) is 20.5. The summed E-state index contributed by atoms with van der Waals surface area (Å²) in [4.78, 5) is 49.1. The number of hydrogen-bond acceptors (Lipinski definition) is 29. The fourth-order valence-corrected chi connectivity index (χ4v) is 9.19. The molecule has 31 nitrogen and oxygen atoms in total. The lowest BCUT2D eigenvalue weighted by Crippen LogP contribution is -2.64. The molecule has 0 bridgehead atoms. The van der Waals surface area contributed by atoms with Gasteiger partial charge in [0.15, 0.2) is 52.6 Å². The second-order valence-electron chi connectivity index (χ2n) is 19.8. The van der Waals surface area contributed by atoms with Gasteiger partial charge in [0, 0.05) is 36.4 Å². The first kappa shape index (κ1) is 64.3. The largest absolute Gasteiger partial charge is 0.571 e. The topological polar surface area (TPSA) is 486 Å². The molecule has 31 heteroatoms. The number of allylic oxidation sites excluding steroid dienone is 2. The van der Waals surface area contributed by atoms with Crippen molar-refractivity contribution in [2.45, 2.75) is 105 Å². The Balaban J connectivity index is 1.12. The zero-order valence-corrected chi connectivity index (χ0v) is 45.5. The minimum Gasteiger partial charge on any atom is -0.571 e. The number of carboxylic acid groups (broad SMARTS) is 1. The molecule has 3 aromatic carbocycles. The van der Waals surface area contributed by atoms with Gasteiger partial charge in [-0.3, -0.25) is 9.59 Å². The van der Waals surface area contributed by atoms with Gasteiger partial charge in [-0.1, -0.05) is 12.1 Å². The molecule has 87 heavy (non-hydrogen) atoms. The van der Waals surface area contributed by atoms with E-state index in [1.54, 1.807) is 0 Å². The minimum absolute atomic E-state index is 0.0747. The molecule has 0 amide bonds. The van der Waals surface area contributed by atoms with Gasteiger partial charge in [-0.2, -0.15) is 0 Å². The zero-order valence-electron chi connectivity index (χ0n) is 45.5. The Labute approximate surface area is 490 Å². The maximum absolute atomic E-state index is 13.1. The van der Waals surface area contributed by atoms with Gasteiger partial charge in [0.2, 0.25) is 24.4 Å². The first-order valence-corrected chi connectivity index (χ1v) is 26.1. The summed E-state index contributed by atoms with van der Waals surface area (Å²) in [6.07, 6.45) is -25.0. The van der Waals surface area contributed by atoms with E-state index in [0.717, 1.165) is 42.5 Å². The van der Waals surface area contributed by atoms with Crippen LogP contribution in [0.5, 0.6) is 40.2 Å². The summed E-state index contributed by atoms with van der Waals surface area (Å²) in [6.45, 7) is -2.54. The summed E-state index contributed by atoms with van der Waals surface area (Å²) in [5, 5.41) is 161. The average molecular weight is 1230 g/mol. The SMILES string of the molecule is COc1cc(/C=C/C(=O)OC[C@H]2O[C@@H](O[C@H]3[C@H](OC4=C(c5cc(O)c(O)c(O)c5)[OH+]C5C=C(O)C=C(O[C@@H]6O[C@H](COC(=O)CC(=O)O)[C@@H](O)[C@H](O)[C@H]6O)C5=C4)O[C@H](COC(=O)/C=C/c4ccc(O)c(OC)c4)[C@@H](O)[C@@H]3O)[C@H](O)[C@@H](O)[C@@H]2O)ccc1O. The number of carbonyl (C=O) groups is 4. The van der Waals surface area contributed by atoms with Crippen LogP contribution in [0.1, 0.15) is 23.1 Å². The Hall–Kier alpha value is -8.70. The summed E-state index contributed by atoms with van der Waals surface area (Å²) >= 11 is 0. The van der Waals surface area contributed by atoms with Crippen LogP contribution < -0.4 is 9.47 Å². The summed E-state index contributed by atoms with van der Waals surface area (Å²) < 4.78 is 66.4. The highest BCUT2D eigenvalue weighted by Gasteiger charge is 2.53. The van der Waals surface area contributed by atoms with E-state index in [0.29, 0.717) is 11.1 Å². The van der Waals surface area contributed by atoms with Gasteiger partial charge in [-0.15, -0.1) is 0 Å². The molecule has 1 aliphatic carbocycles. The van der Waals surface area contributed by atoms with Crippen molar-refractivity contribution in [3.8, 4) is 40.2 Å². The normalized spacial score (nSPS) is 29.8. The van der Waals surface area contributed by atoms with Crippen LogP contribution in [0.2, 0.25) is 0 Å². The number of aliphatic hydroxyl groups is 11. The van der Waals surface area contributed by atoms with Crippen molar-refractivity contribution in [1.82, 2.24) is 0 Å². The monoisotopic (exact) mass is 1230 g/mol. The first-order valence-electron chi connectivity index (χ1n) is 26.1. The molecule has 3 fully saturated rings. The molecule has 0 saturated carbocycles. The predicted molar refractivity (Wildman–Crippen MR) is 285 cm³/mol. The number of fused-ring (bicyclic) bond motifs is 1. The van der Waals surface area contributed by atoms with Crippen molar-refractivity contribution in [3.63, 3.8) is 0 Å². The molecule has 3 saturated heterocycles. The van der Waals surface area contributed by atoms with E-state index in [9.17, 15) is 90.7 Å². The number of phenolic OH excluding ortho intramolecular Hbond substituents is 5. The lowest BCUT2D eigenvalue weighted by Gasteiger charge is -2.46. The number of benzene rings is 3. The minimum atomic E-state index is -2.24. The molecule has 16 atom stereocenters. The lowest BCUT2D eigenvalue weighted by molar-refractivity contribution is -0.363. The quantitative estimate of drug-likeness (QED) is 0.0138. The van der Waals surface area contributed by atoms with Gasteiger partial charge >= 0.3 is 29.6 Å². The smallest absolute Gasteiger partial charge is 0.330 e. The third-order valence-corrected chi connectivity index (χ3v) is 13.8. The van der Waals surface area contributed by atoms with E-state index in [4.69, 9.17) is 57.2 Å². The molecular formula is C56H61O31+. The average Bonchev–Trinajstić information content (AvgIpc) is 1.10. The van der Waals surface area contributed by atoms with Crippen molar-refractivity contribution < 1.29 is 153 Å². The van der Waals surface area contributed by atoms with Crippen LogP contribution in [-0.2, 0) is 61.8 Å². The van der Waals surface area contributed by atoms with Crippen LogP contribution in [0.25, 0.3) is 17.9 Å². The summed E-state index contributed by atoms with van der Waals surface area (Å²) in [7, 11) is 2.61. The summed E-state index contributed by atoms with van der Waals surface area (Å²) in [5.41, 5.74) is 0.380. The Morgan fingerprint density at radius 1 is 0.563 bits per heavy atom. The van der Waals surface area contributed by atoms with Gasteiger partial charge in [-0.05, 0) is 47.5 Å². The highest BCUT2D eigenvalue weighted by atomic mass is 16.8. The Morgan fingerprint density at radius 3 is 1.59 bits per heavy atom. The molecular weight excluding hydrogens is 1170 g/mol. The van der Waals surface area contributed by atoms with Crippen LogP contribution >= 0.6 is 0 Å². The van der Waals surface area contributed by atoms with Gasteiger partial charge in [0.25, 0.3) is 0 Å². The van der Waals surface area contributed by atoms with E-state index < -0.39 is 183 Å². The molecule has 4 aliphatic heterocycles. The highest BCUT2D eigenvalue weighted by Crippen LogP contribution is 2.44. The highest BCUT2D eigenvalue weighted by molar-refractivity contribution is 5.90. The molecule has 16 N–H and O–H groups in total. The molecule has 0 spiro atoms. The molecule has 3 aromatic rings. The van der Waals surface area contributed by atoms with Gasteiger partial charge in [0.1, 0.15) is 105 Å². The van der Waals surface area contributed by atoms with Crippen LogP contribution in [0.3, 0.4) is 0 Å². The van der Waals surface area contributed by atoms with Crippen molar-refractivity contribution >= 4 is 41.8 Å². The third-order valence-electron chi connectivity index (χ3n) is 13.8.